The zero-order chi connectivity index (χ0) is 17.1. The van der Waals surface area contributed by atoms with Crippen LogP contribution in [0, 0.1) is 0 Å². The third-order valence-electron chi connectivity index (χ3n) is 4.53. The maximum Gasteiger partial charge on any atom is 0.123 e. The number of alkyl halides is 1. The Morgan fingerprint density at radius 3 is 1.96 bits per heavy atom. The molecule has 1 aromatic rings. The number of rotatable bonds is 13. The van der Waals surface area contributed by atoms with Crippen LogP contribution in [0.1, 0.15) is 88.5 Å². The van der Waals surface area contributed by atoms with Crippen LogP contribution in [0.5, 0.6) is 0 Å². The van der Waals surface area contributed by atoms with Crippen LogP contribution < -0.4 is 5.38 Å². The molecule has 3 heteroatoms. The predicted molar refractivity (Wildman–Crippen MR) is 107 cm³/mol. The minimum atomic E-state index is -1.42. The van der Waals surface area contributed by atoms with Crippen LogP contribution in [0.2, 0.25) is 19.6 Å². The number of hydrogen-bond acceptors (Lipinski definition) is 1. The molecule has 0 saturated carbocycles. The molecule has 1 unspecified atom stereocenters. The summed E-state index contributed by atoms with van der Waals surface area (Å²) in [5.74, 6) is 0. The molecule has 0 aliphatic carbocycles. The second kappa shape index (κ2) is 11.4. The summed E-state index contributed by atoms with van der Waals surface area (Å²) in [6, 6.07) is 2.08. The number of hydrogen-bond donors (Lipinski definition) is 0. The molecule has 1 heterocycles. The van der Waals surface area contributed by atoms with Crippen molar-refractivity contribution in [3.8, 4) is 0 Å². The number of furan rings is 1. The molecule has 0 amide bonds. The molecule has 1 atom stereocenters. The molecule has 0 aliphatic heterocycles. The van der Waals surface area contributed by atoms with E-state index in [1.165, 1.54) is 75.2 Å². The third kappa shape index (κ3) is 8.44. The van der Waals surface area contributed by atoms with Gasteiger partial charge in [-0.1, -0.05) is 90.8 Å². The molecule has 1 nitrogen and oxygen atoms in total. The smallest absolute Gasteiger partial charge is 0.123 e. The first kappa shape index (κ1) is 20.8. The van der Waals surface area contributed by atoms with Crippen molar-refractivity contribution in [2.75, 3.05) is 0 Å². The highest BCUT2D eigenvalue weighted by Gasteiger charge is 2.26. The van der Waals surface area contributed by atoms with Crippen molar-refractivity contribution in [1.29, 1.82) is 0 Å². The topological polar surface area (TPSA) is 13.1 Å². The molecule has 1 aromatic heterocycles. The van der Waals surface area contributed by atoms with E-state index in [1.807, 2.05) is 6.26 Å². The monoisotopic (exact) mass is 356 g/mol. The average Bonchev–Trinajstić information content (AvgIpc) is 2.99. The quantitative estimate of drug-likeness (QED) is 0.203. The number of unbranched alkanes of at least 4 members (excludes halogenated alkanes) is 9. The van der Waals surface area contributed by atoms with Crippen molar-refractivity contribution in [2.24, 2.45) is 0 Å². The van der Waals surface area contributed by atoms with Crippen molar-refractivity contribution in [3.05, 3.63) is 17.9 Å². The van der Waals surface area contributed by atoms with Crippen molar-refractivity contribution in [3.63, 3.8) is 0 Å². The SMILES string of the molecule is CCCCCCCCCCCCC(Cl)c1ccoc1[Si](C)(C)C. The van der Waals surface area contributed by atoms with E-state index in [0.717, 1.165) is 6.42 Å². The first-order valence-electron chi connectivity index (χ1n) is 9.68. The summed E-state index contributed by atoms with van der Waals surface area (Å²) in [6.07, 6.45) is 16.6. The van der Waals surface area contributed by atoms with Gasteiger partial charge in [0.15, 0.2) is 0 Å². The molecule has 0 aliphatic rings. The largest absolute Gasteiger partial charge is 0.474 e. The highest BCUT2D eigenvalue weighted by atomic mass is 35.5. The van der Waals surface area contributed by atoms with Crippen LogP contribution in [0.4, 0.5) is 0 Å². The lowest BCUT2D eigenvalue weighted by atomic mass is 10.0. The Labute approximate surface area is 150 Å². The Balaban J connectivity index is 2.11. The van der Waals surface area contributed by atoms with Crippen LogP contribution in [-0.4, -0.2) is 8.07 Å². The summed E-state index contributed by atoms with van der Waals surface area (Å²) < 4.78 is 5.73. The van der Waals surface area contributed by atoms with E-state index >= 15 is 0 Å². The molecule has 0 spiro atoms. The van der Waals surface area contributed by atoms with Crippen LogP contribution in [-0.2, 0) is 0 Å². The van der Waals surface area contributed by atoms with Gasteiger partial charge in [0.2, 0.25) is 0 Å². The van der Waals surface area contributed by atoms with E-state index in [1.54, 1.807) is 0 Å². The Morgan fingerprint density at radius 1 is 0.913 bits per heavy atom. The zero-order valence-electron chi connectivity index (χ0n) is 15.8. The van der Waals surface area contributed by atoms with Crippen molar-refractivity contribution in [2.45, 2.75) is 103 Å². The maximum absolute atomic E-state index is 6.63. The van der Waals surface area contributed by atoms with Gasteiger partial charge in [0, 0.05) is 5.56 Å². The van der Waals surface area contributed by atoms with E-state index in [0.29, 0.717) is 0 Å². The highest BCUT2D eigenvalue weighted by Crippen LogP contribution is 2.27. The van der Waals surface area contributed by atoms with Gasteiger partial charge in [-0.3, -0.25) is 0 Å². The van der Waals surface area contributed by atoms with Crippen LogP contribution >= 0.6 is 11.6 Å². The first-order chi connectivity index (χ1) is 11.0. The summed E-state index contributed by atoms with van der Waals surface area (Å²) >= 11 is 6.63. The molecule has 0 fully saturated rings. The third-order valence-corrected chi connectivity index (χ3v) is 6.75. The molecule has 23 heavy (non-hydrogen) atoms. The van der Waals surface area contributed by atoms with Gasteiger partial charge >= 0.3 is 0 Å². The lowest BCUT2D eigenvalue weighted by Gasteiger charge is -2.17. The summed E-state index contributed by atoms with van der Waals surface area (Å²) in [5, 5.41) is 1.31. The van der Waals surface area contributed by atoms with Gasteiger partial charge in [-0.25, -0.2) is 0 Å². The van der Waals surface area contributed by atoms with Gasteiger partial charge in [-0.05, 0) is 12.5 Å². The highest BCUT2D eigenvalue weighted by molar-refractivity contribution is 6.88. The van der Waals surface area contributed by atoms with Crippen LogP contribution in [0.15, 0.2) is 16.7 Å². The van der Waals surface area contributed by atoms with E-state index in [4.69, 9.17) is 16.0 Å². The van der Waals surface area contributed by atoms with Gasteiger partial charge in [0.25, 0.3) is 0 Å². The molecule has 0 bridgehead atoms. The normalized spacial score (nSPS) is 13.4. The molecular weight excluding hydrogens is 320 g/mol. The molecule has 1 rings (SSSR count). The van der Waals surface area contributed by atoms with Crippen molar-refractivity contribution >= 4 is 25.1 Å². The van der Waals surface area contributed by atoms with Crippen LogP contribution in [0.3, 0.4) is 0 Å². The lowest BCUT2D eigenvalue weighted by molar-refractivity contribution is 0.547. The molecule has 0 aromatic carbocycles. The van der Waals surface area contributed by atoms with E-state index < -0.39 is 8.07 Å². The molecule has 134 valence electrons. The summed E-state index contributed by atoms with van der Waals surface area (Å²) in [4.78, 5) is 0. The lowest BCUT2D eigenvalue weighted by Crippen LogP contribution is -2.39. The fraction of sp³-hybridized carbons (Fsp3) is 0.800. The standard InChI is InChI=1S/C20H37ClOSi/c1-5-6-7-8-9-10-11-12-13-14-15-19(21)18-16-17-22-20(18)23(2,3)4/h16-17,19H,5-15H2,1-4H3. The van der Waals surface area contributed by atoms with Gasteiger partial charge in [-0.15, -0.1) is 11.6 Å². The number of halogens is 1. The Morgan fingerprint density at radius 2 is 1.43 bits per heavy atom. The van der Waals surface area contributed by atoms with Crippen molar-refractivity contribution in [1.82, 2.24) is 0 Å². The maximum atomic E-state index is 6.63. The van der Waals surface area contributed by atoms with E-state index in [2.05, 4.69) is 32.6 Å². The van der Waals surface area contributed by atoms with Gasteiger partial charge in [-0.2, -0.15) is 0 Å². The minimum Gasteiger partial charge on any atom is -0.474 e. The fourth-order valence-electron chi connectivity index (χ4n) is 3.14. The van der Waals surface area contributed by atoms with Gasteiger partial charge in [0.05, 0.1) is 17.0 Å². The average molecular weight is 357 g/mol. The Kier molecular flexibility index (Phi) is 10.3. The second-order valence-corrected chi connectivity index (χ2v) is 13.4. The van der Waals surface area contributed by atoms with Crippen molar-refractivity contribution < 1.29 is 4.42 Å². The Hall–Kier alpha value is -0.213. The summed E-state index contributed by atoms with van der Waals surface area (Å²) in [7, 11) is -1.42. The molecule has 0 N–H and O–H groups in total. The second-order valence-electron chi connectivity index (χ2n) is 7.89. The Bertz CT molecular complexity index is 408. The van der Waals surface area contributed by atoms with Gasteiger partial charge in [0.1, 0.15) is 8.07 Å². The summed E-state index contributed by atoms with van der Waals surface area (Å²) in [5.41, 5.74) is 1.25. The molecular formula is C20H37ClOSi. The molecule has 0 saturated heterocycles. The fourth-order valence-corrected chi connectivity index (χ4v) is 5.10. The van der Waals surface area contributed by atoms with Gasteiger partial charge < -0.3 is 4.42 Å². The van der Waals surface area contributed by atoms with E-state index in [9.17, 15) is 0 Å². The minimum absolute atomic E-state index is 0.129. The van der Waals surface area contributed by atoms with E-state index in [-0.39, 0.29) is 5.38 Å². The predicted octanol–water partition coefficient (Wildman–Crippen LogP) is 7.42. The summed E-state index contributed by atoms with van der Waals surface area (Å²) in [6.45, 7) is 9.23. The zero-order valence-corrected chi connectivity index (χ0v) is 17.6. The molecule has 0 radical (unpaired) electrons. The van der Waals surface area contributed by atoms with Crippen LogP contribution in [0.25, 0.3) is 0 Å². The first-order valence-corrected chi connectivity index (χ1v) is 13.6.